The van der Waals surface area contributed by atoms with Crippen LogP contribution >= 0.6 is 23.4 Å². The Labute approximate surface area is 184 Å². The fraction of sp³-hybridized carbons (Fsp3) is 0.238. The predicted molar refractivity (Wildman–Crippen MR) is 119 cm³/mol. The summed E-state index contributed by atoms with van der Waals surface area (Å²) in [6.07, 6.45) is 0. The normalized spacial score (nSPS) is 10.6. The molecule has 0 aliphatic heterocycles. The lowest BCUT2D eigenvalue weighted by Gasteiger charge is -2.10. The van der Waals surface area contributed by atoms with E-state index in [9.17, 15) is 9.59 Å². The highest BCUT2D eigenvalue weighted by Crippen LogP contribution is 2.21. The predicted octanol–water partition coefficient (Wildman–Crippen LogP) is 3.92. The SMILES string of the molecule is CCn1c(CNC(=O)c2ccccc2)nnc1SCC(=O)Nc1ccc(Cl)cc1C. The van der Waals surface area contributed by atoms with E-state index in [-0.39, 0.29) is 24.1 Å². The van der Waals surface area contributed by atoms with Gasteiger partial charge in [0.15, 0.2) is 11.0 Å². The van der Waals surface area contributed by atoms with Gasteiger partial charge in [0.2, 0.25) is 5.91 Å². The molecule has 156 valence electrons. The first-order valence-corrected chi connectivity index (χ1v) is 10.8. The standard InChI is InChI=1S/C21H22ClN5O2S/c1-3-27-18(12-23-20(29)15-7-5-4-6-8-15)25-26-21(27)30-13-19(28)24-17-10-9-16(22)11-14(17)2/h4-11H,3,12-13H2,1-2H3,(H,23,29)(H,24,28). The van der Waals surface area contributed by atoms with Gasteiger partial charge in [0.1, 0.15) is 0 Å². The third-order valence-corrected chi connectivity index (χ3v) is 5.55. The highest BCUT2D eigenvalue weighted by Gasteiger charge is 2.15. The van der Waals surface area contributed by atoms with Crippen molar-refractivity contribution < 1.29 is 9.59 Å². The average molecular weight is 444 g/mol. The maximum atomic E-state index is 12.3. The Morgan fingerprint density at radius 1 is 1.13 bits per heavy atom. The van der Waals surface area contributed by atoms with Crippen LogP contribution in [0.3, 0.4) is 0 Å². The molecule has 30 heavy (non-hydrogen) atoms. The minimum atomic E-state index is -0.173. The third kappa shape index (κ3) is 5.61. The van der Waals surface area contributed by atoms with Gasteiger partial charge in [0.05, 0.1) is 12.3 Å². The Kier molecular flexibility index (Phi) is 7.48. The fourth-order valence-corrected chi connectivity index (χ4v) is 3.86. The van der Waals surface area contributed by atoms with Gasteiger partial charge in [-0.2, -0.15) is 0 Å². The molecule has 0 radical (unpaired) electrons. The molecule has 0 aliphatic carbocycles. The number of hydrogen-bond donors (Lipinski definition) is 2. The molecule has 0 saturated heterocycles. The summed E-state index contributed by atoms with van der Waals surface area (Å²) in [7, 11) is 0. The van der Waals surface area contributed by atoms with Gasteiger partial charge in [-0.25, -0.2) is 0 Å². The van der Waals surface area contributed by atoms with Crippen molar-refractivity contribution in [1.82, 2.24) is 20.1 Å². The Balaban J connectivity index is 1.57. The summed E-state index contributed by atoms with van der Waals surface area (Å²) in [5.41, 5.74) is 2.21. The van der Waals surface area contributed by atoms with Crippen molar-refractivity contribution in [3.63, 3.8) is 0 Å². The summed E-state index contributed by atoms with van der Waals surface area (Å²) in [5.74, 6) is 0.512. The monoisotopic (exact) mass is 443 g/mol. The summed E-state index contributed by atoms with van der Waals surface area (Å²) < 4.78 is 1.89. The zero-order valence-electron chi connectivity index (χ0n) is 16.7. The number of amides is 2. The number of hydrogen-bond acceptors (Lipinski definition) is 5. The Morgan fingerprint density at radius 2 is 1.90 bits per heavy atom. The van der Waals surface area contributed by atoms with Crippen LogP contribution in [0, 0.1) is 6.92 Å². The van der Waals surface area contributed by atoms with Gasteiger partial charge in [0.25, 0.3) is 5.91 Å². The fourth-order valence-electron chi connectivity index (χ4n) is 2.81. The lowest BCUT2D eigenvalue weighted by molar-refractivity contribution is -0.113. The van der Waals surface area contributed by atoms with Crippen molar-refractivity contribution in [3.05, 3.63) is 70.5 Å². The molecule has 0 bridgehead atoms. The van der Waals surface area contributed by atoms with E-state index in [2.05, 4.69) is 20.8 Å². The molecule has 9 heteroatoms. The number of halogens is 1. The maximum absolute atomic E-state index is 12.3. The minimum Gasteiger partial charge on any atom is -0.345 e. The molecule has 2 N–H and O–H groups in total. The number of aromatic nitrogens is 3. The Hall–Kier alpha value is -2.84. The van der Waals surface area contributed by atoms with E-state index in [0.29, 0.717) is 28.1 Å². The van der Waals surface area contributed by atoms with Crippen LogP contribution in [0.2, 0.25) is 5.02 Å². The van der Waals surface area contributed by atoms with E-state index >= 15 is 0 Å². The quantitative estimate of drug-likeness (QED) is 0.515. The number of nitrogens with zero attached hydrogens (tertiary/aromatic N) is 3. The van der Waals surface area contributed by atoms with Gasteiger partial charge >= 0.3 is 0 Å². The van der Waals surface area contributed by atoms with Crippen molar-refractivity contribution in [2.45, 2.75) is 32.1 Å². The molecular weight excluding hydrogens is 422 g/mol. The van der Waals surface area contributed by atoms with Gasteiger partial charge < -0.3 is 15.2 Å². The number of rotatable bonds is 8. The van der Waals surface area contributed by atoms with Crippen molar-refractivity contribution in [2.75, 3.05) is 11.1 Å². The van der Waals surface area contributed by atoms with E-state index in [0.717, 1.165) is 11.3 Å². The largest absolute Gasteiger partial charge is 0.345 e. The van der Waals surface area contributed by atoms with Crippen LogP contribution in [0.25, 0.3) is 0 Å². The van der Waals surface area contributed by atoms with Gasteiger partial charge in [0, 0.05) is 22.8 Å². The van der Waals surface area contributed by atoms with E-state index in [1.165, 1.54) is 11.8 Å². The van der Waals surface area contributed by atoms with Crippen LogP contribution in [-0.4, -0.2) is 32.3 Å². The highest BCUT2D eigenvalue weighted by atomic mass is 35.5. The second-order valence-electron chi connectivity index (χ2n) is 6.49. The molecular formula is C21H22ClN5O2S. The molecule has 7 nitrogen and oxygen atoms in total. The summed E-state index contributed by atoms with van der Waals surface area (Å²) in [6, 6.07) is 14.3. The number of benzene rings is 2. The van der Waals surface area contributed by atoms with Crippen molar-refractivity contribution in [1.29, 1.82) is 0 Å². The first-order chi connectivity index (χ1) is 14.5. The molecule has 2 amide bonds. The number of thioether (sulfide) groups is 1. The van der Waals surface area contributed by atoms with Gasteiger partial charge in [-0.05, 0) is 49.7 Å². The number of aryl methyl sites for hydroxylation is 1. The zero-order chi connectivity index (χ0) is 21.5. The first-order valence-electron chi connectivity index (χ1n) is 9.42. The number of carbonyl (C=O) groups excluding carboxylic acids is 2. The zero-order valence-corrected chi connectivity index (χ0v) is 18.3. The minimum absolute atomic E-state index is 0.144. The van der Waals surface area contributed by atoms with Gasteiger partial charge in [-0.1, -0.05) is 41.6 Å². The van der Waals surface area contributed by atoms with E-state index in [1.807, 2.05) is 36.6 Å². The van der Waals surface area contributed by atoms with Crippen molar-refractivity contribution in [3.8, 4) is 0 Å². The molecule has 1 heterocycles. The molecule has 2 aromatic carbocycles. The lowest BCUT2D eigenvalue weighted by Crippen LogP contribution is -2.24. The Morgan fingerprint density at radius 3 is 2.60 bits per heavy atom. The molecule has 1 aromatic heterocycles. The second kappa shape index (κ2) is 10.3. The summed E-state index contributed by atoms with van der Waals surface area (Å²) in [6.45, 7) is 4.74. The van der Waals surface area contributed by atoms with Crippen molar-refractivity contribution >= 4 is 40.9 Å². The highest BCUT2D eigenvalue weighted by molar-refractivity contribution is 7.99. The van der Waals surface area contributed by atoms with Crippen LogP contribution in [0.4, 0.5) is 5.69 Å². The number of nitrogens with one attached hydrogen (secondary N) is 2. The van der Waals surface area contributed by atoms with Crippen LogP contribution in [0.1, 0.15) is 28.7 Å². The third-order valence-electron chi connectivity index (χ3n) is 4.35. The van der Waals surface area contributed by atoms with Gasteiger partial charge in [-0.3, -0.25) is 9.59 Å². The molecule has 3 rings (SSSR count). The molecule has 3 aromatic rings. The van der Waals surface area contributed by atoms with E-state index in [4.69, 9.17) is 11.6 Å². The van der Waals surface area contributed by atoms with Crippen LogP contribution in [-0.2, 0) is 17.9 Å². The van der Waals surface area contributed by atoms with Gasteiger partial charge in [-0.15, -0.1) is 10.2 Å². The lowest BCUT2D eigenvalue weighted by atomic mass is 10.2. The molecule has 0 fully saturated rings. The molecule has 0 unspecified atom stereocenters. The molecule has 0 atom stereocenters. The summed E-state index contributed by atoms with van der Waals surface area (Å²) in [5, 5.41) is 15.3. The topological polar surface area (TPSA) is 88.9 Å². The van der Waals surface area contributed by atoms with Crippen LogP contribution in [0.5, 0.6) is 0 Å². The summed E-state index contributed by atoms with van der Waals surface area (Å²) >= 11 is 7.25. The molecule has 0 aliphatic rings. The number of anilines is 1. The maximum Gasteiger partial charge on any atom is 0.251 e. The average Bonchev–Trinajstić information content (AvgIpc) is 3.15. The smallest absolute Gasteiger partial charge is 0.251 e. The molecule has 0 saturated carbocycles. The second-order valence-corrected chi connectivity index (χ2v) is 7.87. The Bertz CT molecular complexity index is 1040. The first kappa shape index (κ1) is 21.9. The summed E-state index contributed by atoms with van der Waals surface area (Å²) in [4.78, 5) is 24.5. The number of carbonyl (C=O) groups is 2. The van der Waals surface area contributed by atoms with Crippen LogP contribution < -0.4 is 10.6 Å². The van der Waals surface area contributed by atoms with Crippen LogP contribution in [0.15, 0.2) is 53.7 Å². The van der Waals surface area contributed by atoms with E-state index < -0.39 is 0 Å². The van der Waals surface area contributed by atoms with Crippen molar-refractivity contribution in [2.24, 2.45) is 0 Å². The molecule has 0 spiro atoms. The van der Waals surface area contributed by atoms with E-state index in [1.54, 1.807) is 30.3 Å².